The van der Waals surface area contributed by atoms with Crippen molar-refractivity contribution in [3.63, 3.8) is 0 Å². The molecule has 0 spiro atoms. The molecule has 126 valence electrons. The fourth-order valence-corrected chi connectivity index (χ4v) is 2.73. The molecule has 0 radical (unpaired) electrons. The molecular formula is C15H27IN4OS. The van der Waals surface area contributed by atoms with Crippen LogP contribution in [-0.4, -0.2) is 38.0 Å². The first-order valence-corrected chi connectivity index (χ1v) is 8.34. The SMILES string of the molecule is CCNC(=O)CN=C(NCC)NCC(C)Cc1cccs1.I. The second kappa shape index (κ2) is 12.7. The lowest BCUT2D eigenvalue weighted by Crippen LogP contribution is -2.40. The van der Waals surface area contributed by atoms with Crippen LogP contribution in [0.25, 0.3) is 0 Å². The average molecular weight is 438 g/mol. The minimum atomic E-state index is -0.0543. The van der Waals surface area contributed by atoms with Crippen LogP contribution in [0.5, 0.6) is 0 Å². The zero-order valence-electron chi connectivity index (χ0n) is 13.5. The van der Waals surface area contributed by atoms with Gasteiger partial charge in [-0.05, 0) is 37.6 Å². The van der Waals surface area contributed by atoms with E-state index in [1.807, 2.05) is 13.8 Å². The lowest BCUT2D eigenvalue weighted by Gasteiger charge is -2.15. The lowest BCUT2D eigenvalue weighted by atomic mass is 10.1. The van der Waals surface area contributed by atoms with Crippen LogP contribution in [0.2, 0.25) is 0 Å². The number of carbonyl (C=O) groups excluding carboxylic acids is 1. The molecule has 1 rings (SSSR count). The van der Waals surface area contributed by atoms with E-state index in [1.54, 1.807) is 11.3 Å². The van der Waals surface area contributed by atoms with Crippen molar-refractivity contribution in [1.29, 1.82) is 0 Å². The number of likely N-dealkylation sites (N-methyl/N-ethyl adjacent to an activating group) is 1. The summed E-state index contributed by atoms with van der Waals surface area (Å²) >= 11 is 1.79. The molecule has 22 heavy (non-hydrogen) atoms. The van der Waals surface area contributed by atoms with Gasteiger partial charge in [0.1, 0.15) is 6.54 Å². The van der Waals surface area contributed by atoms with Crippen molar-refractivity contribution in [1.82, 2.24) is 16.0 Å². The Hall–Kier alpha value is -0.830. The Morgan fingerprint density at radius 1 is 1.27 bits per heavy atom. The minimum absolute atomic E-state index is 0. The van der Waals surface area contributed by atoms with Crippen LogP contribution < -0.4 is 16.0 Å². The number of hydrogen-bond donors (Lipinski definition) is 3. The van der Waals surface area contributed by atoms with Gasteiger partial charge in [0.25, 0.3) is 0 Å². The molecule has 0 aromatic carbocycles. The van der Waals surface area contributed by atoms with Gasteiger partial charge in [0, 0.05) is 24.5 Å². The average Bonchev–Trinajstić information content (AvgIpc) is 2.95. The van der Waals surface area contributed by atoms with Crippen LogP contribution in [0.4, 0.5) is 0 Å². The van der Waals surface area contributed by atoms with E-state index in [0.29, 0.717) is 18.4 Å². The number of thiophene rings is 1. The van der Waals surface area contributed by atoms with Gasteiger partial charge >= 0.3 is 0 Å². The number of nitrogens with zero attached hydrogens (tertiary/aromatic N) is 1. The Balaban J connectivity index is 0.00000441. The highest BCUT2D eigenvalue weighted by molar-refractivity contribution is 14.0. The molecule has 0 fully saturated rings. The first kappa shape index (κ1) is 21.2. The van der Waals surface area contributed by atoms with E-state index in [4.69, 9.17) is 0 Å². The number of carbonyl (C=O) groups is 1. The number of nitrogens with one attached hydrogen (secondary N) is 3. The summed E-state index contributed by atoms with van der Waals surface area (Å²) in [5.41, 5.74) is 0. The van der Waals surface area contributed by atoms with Gasteiger partial charge in [0.05, 0.1) is 0 Å². The molecule has 0 aliphatic rings. The monoisotopic (exact) mass is 438 g/mol. The summed E-state index contributed by atoms with van der Waals surface area (Å²) in [5, 5.41) is 11.3. The molecule has 1 atom stereocenters. The first-order chi connectivity index (χ1) is 10.2. The fourth-order valence-electron chi connectivity index (χ4n) is 1.86. The molecule has 5 nitrogen and oxygen atoms in total. The third-order valence-corrected chi connectivity index (χ3v) is 3.75. The Morgan fingerprint density at radius 2 is 2.00 bits per heavy atom. The number of hydrogen-bond acceptors (Lipinski definition) is 3. The van der Waals surface area contributed by atoms with Crippen molar-refractivity contribution >= 4 is 47.2 Å². The maximum atomic E-state index is 11.4. The summed E-state index contributed by atoms with van der Waals surface area (Å²) in [6.07, 6.45) is 1.06. The summed E-state index contributed by atoms with van der Waals surface area (Å²) < 4.78 is 0. The van der Waals surface area contributed by atoms with Crippen LogP contribution in [-0.2, 0) is 11.2 Å². The van der Waals surface area contributed by atoms with E-state index in [9.17, 15) is 4.79 Å². The summed E-state index contributed by atoms with van der Waals surface area (Å²) in [6, 6.07) is 4.24. The molecule has 0 saturated heterocycles. The van der Waals surface area contributed by atoms with Crippen LogP contribution in [0, 0.1) is 5.92 Å². The molecule has 0 saturated carbocycles. The van der Waals surface area contributed by atoms with E-state index in [1.165, 1.54) is 4.88 Å². The number of halogens is 1. The van der Waals surface area contributed by atoms with Gasteiger partial charge in [-0.2, -0.15) is 0 Å². The van der Waals surface area contributed by atoms with Crippen LogP contribution >= 0.6 is 35.3 Å². The Morgan fingerprint density at radius 3 is 2.59 bits per heavy atom. The predicted molar refractivity (Wildman–Crippen MR) is 105 cm³/mol. The molecule has 1 unspecified atom stereocenters. The van der Waals surface area contributed by atoms with Crippen LogP contribution in [0.15, 0.2) is 22.5 Å². The first-order valence-electron chi connectivity index (χ1n) is 7.46. The fraction of sp³-hybridized carbons (Fsp3) is 0.600. The summed E-state index contributed by atoms with van der Waals surface area (Å²) in [6.45, 7) is 8.52. The quantitative estimate of drug-likeness (QED) is 0.332. The molecule has 1 aromatic rings. The topological polar surface area (TPSA) is 65.5 Å². The molecule has 1 heterocycles. The van der Waals surface area contributed by atoms with Crippen LogP contribution in [0.1, 0.15) is 25.6 Å². The van der Waals surface area contributed by atoms with Gasteiger partial charge in [-0.25, -0.2) is 4.99 Å². The normalized spacial score (nSPS) is 12.2. The summed E-state index contributed by atoms with van der Waals surface area (Å²) in [4.78, 5) is 17.1. The van der Waals surface area contributed by atoms with Crippen molar-refractivity contribution < 1.29 is 4.79 Å². The highest BCUT2D eigenvalue weighted by Gasteiger charge is 2.06. The molecule has 0 aliphatic heterocycles. The van der Waals surface area contributed by atoms with Gasteiger partial charge in [-0.3, -0.25) is 4.79 Å². The summed E-state index contributed by atoms with van der Waals surface area (Å²) in [7, 11) is 0. The maximum absolute atomic E-state index is 11.4. The van der Waals surface area contributed by atoms with E-state index >= 15 is 0 Å². The highest BCUT2D eigenvalue weighted by Crippen LogP contribution is 2.13. The predicted octanol–water partition coefficient (Wildman–Crippen LogP) is 2.24. The van der Waals surface area contributed by atoms with Gasteiger partial charge in [-0.1, -0.05) is 13.0 Å². The van der Waals surface area contributed by atoms with Gasteiger partial charge in [0.15, 0.2) is 5.96 Å². The van der Waals surface area contributed by atoms with E-state index in [0.717, 1.165) is 19.5 Å². The lowest BCUT2D eigenvalue weighted by molar-refractivity contribution is -0.119. The van der Waals surface area contributed by atoms with Crippen molar-refractivity contribution in [3.05, 3.63) is 22.4 Å². The third kappa shape index (κ3) is 9.24. The molecule has 1 amide bonds. The van der Waals surface area contributed by atoms with Gasteiger partial charge in [-0.15, -0.1) is 35.3 Å². The number of rotatable bonds is 8. The zero-order valence-corrected chi connectivity index (χ0v) is 16.7. The molecule has 3 N–H and O–H groups in total. The Bertz CT molecular complexity index is 437. The van der Waals surface area contributed by atoms with Gasteiger partial charge in [0.2, 0.25) is 5.91 Å². The summed E-state index contributed by atoms with van der Waals surface area (Å²) in [5.74, 6) is 1.15. The van der Waals surface area contributed by atoms with Crippen molar-refractivity contribution in [2.45, 2.75) is 27.2 Å². The largest absolute Gasteiger partial charge is 0.357 e. The van der Waals surface area contributed by atoms with E-state index in [-0.39, 0.29) is 36.4 Å². The number of amides is 1. The molecule has 0 bridgehead atoms. The van der Waals surface area contributed by atoms with Gasteiger partial charge < -0.3 is 16.0 Å². The van der Waals surface area contributed by atoms with E-state index < -0.39 is 0 Å². The molecular weight excluding hydrogens is 411 g/mol. The second-order valence-electron chi connectivity index (χ2n) is 4.92. The molecule has 0 aliphatic carbocycles. The Kier molecular flexibility index (Phi) is 12.2. The van der Waals surface area contributed by atoms with E-state index in [2.05, 4.69) is 45.4 Å². The number of aliphatic imine (C=N–C) groups is 1. The minimum Gasteiger partial charge on any atom is -0.357 e. The smallest absolute Gasteiger partial charge is 0.241 e. The molecule has 1 aromatic heterocycles. The molecule has 7 heteroatoms. The number of guanidine groups is 1. The zero-order chi connectivity index (χ0) is 15.5. The van der Waals surface area contributed by atoms with Crippen molar-refractivity contribution in [3.8, 4) is 0 Å². The van der Waals surface area contributed by atoms with Crippen LogP contribution in [0.3, 0.4) is 0 Å². The maximum Gasteiger partial charge on any atom is 0.241 e. The van der Waals surface area contributed by atoms with Crippen molar-refractivity contribution in [2.75, 3.05) is 26.2 Å². The standard InChI is InChI=1S/C15H26N4OS.HI/c1-4-16-14(20)11-19-15(17-5-2)18-10-12(3)9-13-7-6-8-21-13;/h6-8,12H,4-5,9-11H2,1-3H3,(H,16,20)(H2,17,18,19);1H. The van der Waals surface area contributed by atoms with Crippen molar-refractivity contribution in [2.24, 2.45) is 10.9 Å². The Labute approximate surface area is 154 Å². The third-order valence-electron chi connectivity index (χ3n) is 2.85. The highest BCUT2D eigenvalue weighted by atomic mass is 127. The second-order valence-corrected chi connectivity index (χ2v) is 5.95.